The number of thiophene rings is 1. The fourth-order valence-corrected chi connectivity index (χ4v) is 4.44. The maximum atomic E-state index is 13.0. The molecule has 0 unspecified atom stereocenters. The molecule has 6 heteroatoms. The van der Waals surface area contributed by atoms with Crippen molar-refractivity contribution in [2.24, 2.45) is 0 Å². The number of fused-ring (bicyclic) bond motifs is 1. The van der Waals surface area contributed by atoms with Crippen molar-refractivity contribution in [3.8, 4) is 21.7 Å². The third kappa shape index (κ3) is 4.58. The number of esters is 1. The number of ether oxygens (including phenoxy) is 1. The number of carbonyl (C=O) groups is 2. The third-order valence-electron chi connectivity index (χ3n) is 5.33. The summed E-state index contributed by atoms with van der Waals surface area (Å²) in [6.45, 7) is -0.396. The van der Waals surface area contributed by atoms with Crippen LogP contribution in [0.1, 0.15) is 10.4 Å². The van der Waals surface area contributed by atoms with Crippen LogP contribution in [0.3, 0.4) is 0 Å². The molecule has 5 rings (SSSR count). The van der Waals surface area contributed by atoms with Gasteiger partial charge in [0, 0.05) is 16.6 Å². The SMILES string of the molecule is O=C(COC(=O)c1cc(-c2cccs2)nc2ccccc12)Nc1ccccc1-c1ccccc1. The van der Waals surface area contributed by atoms with Crippen LogP contribution in [0.4, 0.5) is 5.69 Å². The van der Waals surface area contributed by atoms with Crippen LogP contribution in [-0.4, -0.2) is 23.5 Å². The van der Waals surface area contributed by atoms with Crippen molar-refractivity contribution in [2.75, 3.05) is 11.9 Å². The molecule has 0 aliphatic rings. The molecular weight excluding hydrogens is 444 g/mol. The van der Waals surface area contributed by atoms with Crippen LogP contribution in [0.5, 0.6) is 0 Å². The number of para-hydroxylation sites is 2. The number of benzene rings is 3. The predicted molar refractivity (Wildman–Crippen MR) is 136 cm³/mol. The van der Waals surface area contributed by atoms with Gasteiger partial charge in [-0.25, -0.2) is 9.78 Å². The van der Waals surface area contributed by atoms with Crippen molar-refractivity contribution in [1.29, 1.82) is 0 Å². The number of carbonyl (C=O) groups excluding carboxylic acids is 2. The molecular formula is C28H20N2O3S. The molecule has 34 heavy (non-hydrogen) atoms. The molecule has 0 atom stereocenters. The Balaban J connectivity index is 1.34. The largest absolute Gasteiger partial charge is 0.452 e. The summed E-state index contributed by atoms with van der Waals surface area (Å²) in [6, 6.07) is 30.3. The molecule has 2 heterocycles. The van der Waals surface area contributed by atoms with Gasteiger partial charge in [-0.15, -0.1) is 11.3 Å². The van der Waals surface area contributed by atoms with Crippen LogP contribution in [-0.2, 0) is 9.53 Å². The maximum absolute atomic E-state index is 13.0. The summed E-state index contributed by atoms with van der Waals surface area (Å²) in [6.07, 6.45) is 0. The summed E-state index contributed by atoms with van der Waals surface area (Å²) in [5, 5.41) is 5.50. The Labute approximate surface area is 200 Å². The normalized spacial score (nSPS) is 10.7. The highest BCUT2D eigenvalue weighted by Gasteiger charge is 2.17. The molecule has 0 aliphatic carbocycles. The number of hydrogen-bond donors (Lipinski definition) is 1. The van der Waals surface area contributed by atoms with E-state index in [1.165, 1.54) is 0 Å². The average Bonchev–Trinajstić information content (AvgIpc) is 3.43. The minimum atomic E-state index is -0.567. The van der Waals surface area contributed by atoms with Gasteiger partial charge in [0.05, 0.1) is 21.7 Å². The molecule has 0 fully saturated rings. The summed E-state index contributed by atoms with van der Waals surface area (Å²) in [5.41, 5.74) is 4.31. The molecule has 0 aliphatic heterocycles. The first-order chi connectivity index (χ1) is 16.7. The Hall–Kier alpha value is -4.29. The molecule has 5 nitrogen and oxygen atoms in total. The molecule has 0 saturated heterocycles. The van der Waals surface area contributed by atoms with Gasteiger partial charge in [0.15, 0.2) is 6.61 Å². The molecule has 0 spiro atoms. The molecule has 0 bridgehead atoms. The van der Waals surface area contributed by atoms with Crippen molar-refractivity contribution in [2.45, 2.75) is 0 Å². The van der Waals surface area contributed by atoms with E-state index in [0.29, 0.717) is 27.8 Å². The molecule has 0 radical (unpaired) electrons. The predicted octanol–water partition coefficient (Wildman–Crippen LogP) is 6.43. The summed E-state index contributed by atoms with van der Waals surface area (Å²) in [4.78, 5) is 31.3. The lowest BCUT2D eigenvalue weighted by Gasteiger charge is -2.12. The lowest BCUT2D eigenvalue weighted by Crippen LogP contribution is -2.21. The summed E-state index contributed by atoms with van der Waals surface area (Å²) in [5.74, 6) is -0.975. The van der Waals surface area contributed by atoms with E-state index in [9.17, 15) is 9.59 Å². The first kappa shape index (κ1) is 21.6. The second-order valence-corrected chi connectivity index (χ2v) is 8.53. The average molecular weight is 465 g/mol. The number of anilines is 1. The fourth-order valence-electron chi connectivity index (χ4n) is 3.75. The maximum Gasteiger partial charge on any atom is 0.339 e. The molecule has 5 aromatic rings. The van der Waals surface area contributed by atoms with Gasteiger partial charge in [-0.1, -0.05) is 72.8 Å². The van der Waals surface area contributed by atoms with Crippen molar-refractivity contribution in [1.82, 2.24) is 4.98 Å². The highest BCUT2D eigenvalue weighted by molar-refractivity contribution is 7.13. The van der Waals surface area contributed by atoms with Crippen molar-refractivity contribution >= 4 is 39.8 Å². The van der Waals surface area contributed by atoms with Crippen LogP contribution < -0.4 is 5.32 Å². The van der Waals surface area contributed by atoms with Gasteiger partial charge in [0.1, 0.15) is 0 Å². The van der Waals surface area contributed by atoms with Crippen LogP contribution in [0.25, 0.3) is 32.6 Å². The van der Waals surface area contributed by atoms with Crippen molar-refractivity contribution < 1.29 is 14.3 Å². The number of hydrogen-bond acceptors (Lipinski definition) is 5. The van der Waals surface area contributed by atoms with E-state index in [1.807, 2.05) is 96.4 Å². The van der Waals surface area contributed by atoms with Gasteiger partial charge in [0.25, 0.3) is 5.91 Å². The van der Waals surface area contributed by atoms with Crippen LogP contribution in [0.2, 0.25) is 0 Å². The van der Waals surface area contributed by atoms with E-state index in [4.69, 9.17) is 4.74 Å². The second kappa shape index (κ2) is 9.68. The van der Waals surface area contributed by atoms with E-state index >= 15 is 0 Å². The summed E-state index contributed by atoms with van der Waals surface area (Å²) >= 11 is 1.55. The topological polar surface area (TPSA) is 68.3 Å². The lowest BCUT2D eigenvalue weighted by atomic mass is 10.0. The Morgan fingerprint density at radius 3 is 2.44 bits per heavy atom. The number of nitrogens with one attached hydrogen (secondary N) is 1. The molecule has 166 valence electrons. The number of amides is 1. The minimum absolute atomic E-state index is 0.381. The third-order valence-corrected chi connectivity index (χ3v) is 6.22. The van der Waals surface area contributed by atoms with Crippen molar-refractivity contribution in [3.05, 3.63) is 108 Å². The monoisotopic (exact) mass is 464 g/mol. The Kier molecular flexibility index (Phi) is 6.14. The standard InChI is InChI=1S/C28H20N2O3S/c31-27(30-23-13-6-4-11-20(23)19-9-2-1-3-10-19)18-33-28(32)22-17-25(26-15-8-16-34-26)29-24-14-7-5-12-21(22)24/h1-17H,18H2,(H,30,31). The Bertz CT molecular complexity index is 1460. The molecule has 3 aromatic carbocycles. The van der Waals surface area contributed by atoms with Gasteiger partial charge >= 0.3 is 5.97 Å². The number of nitrogens with zero attached hydrogens (tertiary/aromatic N) is 1. The van der Waals surface area contributed by atoms with Gasteiger partial charge in [-0.3, -0.25) is 4.79 Å². The van der Waals surface area contributed by atoms with Gasteiger partial charge < -0.3 is 10.1 Å². The van der Waals surface area contributed by atoms with Crippen molar-refractivity contribution in [3.63, 3.8) is 0 Å². The van der Waals surface area contributed by atoms with E-state index < -0.39 is 18.5 Å². The Morgan fingerprint density at radius 1 is 0.853 bits per heavy atom. The zero-order chi connectivity index (χ0) is 23.3. The lowest BCUT2D eigenvalue weighted by molar-refractivity contribution is -0.119. The van der Waals surface area contributed by atoms with Gasteiger partial charge in [-0.2, -0.15) is 0 Å². The minimum Gasteiger partial charge on any atom is -0.452 e. The van der Waals surface area contributed by atoms with Crippen LogP contribution in [0.15, 0.2) is 102 Å². The first-order valence-electron chi connectivity index (χ1n) is 10.7. The molecule has 0 saturated carbocycles. The molecule has 1 N–H and O–H groups in total. The van der Waals surface area contributed by atoms with E-state index in [1.54, 1.807) is 17.4 Å². The molecule has 2 aromatic heterocycles. The number of aromatic nitrogens is 1. The zero-order valence-corrected chi connectivity index (χ0v) is 18.9. The zero-order valence-electron chi connectivity index (χ0n) is 18.1. The highest BCUT2D eigenvalue weighted by atomic mass is 32.1. The van der Waals surface area contributed by atoms with Gasteiger partial charge in [0.2, 0.25) is 0 Å². The van der Waals surface area contributed by atoms with Crippen LogP contribution in [0, 0.1) is 0 Å². The first-order valence-corrected chi connectivity index (χ1v) is 11.6. The van der Waals surface area contributed by atoms with E-state index in [2.05, 4.69) is 10.3 Å². The Morgan fingerprint density at radius 2 is 1.62 bits per heavy atom. The highest BCUT2D eigenvalue weighted by Crippen LogP contribution is 2.29. The fraction of sp³-hybridized carbons (Fsp3) is 0.0357. The summed E-state index contributed by atoms with van der Waals surface area (Å²) in [7, 11) is 0. The smallest absolute Gasteiger partial charge is 0.339 e. The van der Waals surface area contributed by atoms with E-state index in [-0.39, 0.29) is 0 Å². The number of rotatable bonds is 6. The quantitative estimate of drug-likeness (QED) is 0.294. The second-order valence-electron chi connectivity index (χ2n) is 7.59. The summed E-state index contributed by atoms with van der Waals surface area (Å²) < 4.78 is 5.41. The van der Waals surface area contributed by atoms with Crippen LogP contribution >= 0.6 is 11.3 Å². The van der Waals surface area contributed by atoms with Gasteiger partial charge in [-0.05, 0) is 35.2 Å². The van der Waals surface area contributed by atoms with E-state index in [0.717, 1.165) is 16.0 Å². The molecule has 1 amide bonds. The number of pyridine rings is 1.